The summed E-state index contributed by atoms with van der Waals surface area (Å²) in [4.78, 5) is 39.2. The number of imide groups is 1. The Morgan fingerprint density at radius 3 is 2.12 bits per heavy atom. The lowest BCUT2D eigenvalue weighted by Crippen LogP contribution is -2.50. The molecule has 0 saturated heterocycles. The van der Waals surface area contributed by atoms with Gasteiger partial charge in [-0.3, -0.25) is 19.3 Å². The predicted molar refractivity (Wildman–Crippen MR) is 95.6 cm³/mol. The van der Waals surface area contributed by atoms with Crippen molar-refractivity contribution >= 4 is 35.0 Å². The van der Waals surface area contributed by atoms with Gasteiger partial charge in [0, 0.05) is 10.7 Å². The lowest BCUT2D eigenvalue weighted by Gasteiger charge is -2.28. The molecule has 5 nitrogen and oxygen atoms in total. The zero-order valence-electron chi connectivity index (χ0n) is 13.8. The Bertz CT molecular complexity index is 828. The number of nitrogens with one attached hydrogen (secondary N) is 1. The van der Waals surface area contributed by atoms with Crippen LogP contribution in [0.3, 0.4) is 0 Å². The highest BCUT2D eigenvalue weighted by Crippen LogP contribution is 2.28. The molecule has 1 heterocycles. The summed E-state index contributed by atoms with van der Waals surface area (Å²) in [6.07, 6.45) is 0. The number of amides is 3. The molecule has 0 spiro atoms. The third-order valence-electron chi connectivity index (χ3n) is 4.10. The average molecular weight is 357 g/mol. The minimum absolute atomic E-state index is 0.249. The quantitative estimate of drug-likeness (QED) is 0.851. The van der Waals surface area contributed by atoms with Crippen LogP contribution in [0.15, 0.2) is 48.5 Å². The highest BCUT2D eigenvalue weighted by molar-refractivity contribution is 6.31. The summed E-state index contributed by atoms with van der Waals surface area (Å²) in [7, 11) is 0. The molecule has 1 aliphatic rings. The van der Waals surface area contributed by atoms with Gasteiger partial charge in [-0.25, -0.2) is 0 Å². The first-order valence-corrected chi connectivity index (χ1v) is 8.31. The van der Waals surface area contributed by atoms with E-state index in [9.17, 15) is 14.4 Å². The number of rotatable bonds is 4. The van der Waals surface area contributed by atoms with Crippen molar-refractivity contribution in [2.24, 2.45) is 5.92 Å². The van der Waals surface area contributed by atoms with Gasteiger partial charge in [0.1, 0.15) is 6.04 Å². The summed E-state index contributed by atoms with van der Waals surface area (Å²) in [5, 5.41) is 3.23. The molecule has 0 saturated carbocycles. The summed E-state index contributed by atoms with van der Waals surface area (Å²) in [5.74, 6) is -1.56. The molecule has 0 bridgehead atoms. The fourth-order valence-electron chi connectivity index (χ4n) is 2.96. The Morgan fingerprint density at radius 2 is 1.60 bits per heavy atom. The molecule has 1 N–H and O–H groups in total. The summed E-state index contributed by atoms with van der Waals surface area (Å²) < 4.78 is 0. The molecule has 3 rings (SSSR count). The molecule has 128 valence electrons. The van der Waals surface area contributed by atoms with Gasteiger partial charge >= 0.3 is 0 Å². The molecule has 0 unspecified atom stereocenters. The molecule has 0 aromatic heterocycles. The smallest absolute Gasteiger partial charge is 0.262 e. The molecule has 2 aromatic carbocycles. The molecular formula is C19H17ClN2O3. The lowest BCUT2D eigenvalue weighted by atomic mass is 10.0. The van der Waals surface area contributed by atoms with Crippen LogP contribution in [0.25, 0.3) is 0 Å². The zero-order chi connectivity index (χ0) is 18.1. The van der Waals surface area contributed by atoms with Crippen molar-refractivity contribution < 1.29 is 14.4 Å². The number of benzene rings is 2. The Morgan fingerprint density at radius 1 is 1.00 bits per heavy atom. The van der Waals surface area contributed by atoms with Gasteiger partial charge in [-0.1, -0.05) is 43.6 Å². The molecule has 0 radical (unpaired) electrons. The Labute approximate surface area is 150 Å². The van der Waals surface area contributed by atoms with Gasteiger partial charge in [0.2, 0.25) is 5.91 Å². The fraction of sp³-hybridized carbons (Fsp3) is 0.211. The van der Waals surface area contributed by atoms with E-state index in [1.54, 1.807) is 62.4 Å². The largest absolute Gasteiger partial charge is 0.324 e. The van der Waals surface area contributed by atoms with Crippen LogP contribution < -0.4 is 5.32 Å². The van der Waals surface area contributed by atoms with E-state index in [2.05, 4.69) is 5.32 Å². The third-order valence-corrected chi connectivity index (χ3v) is 4.33. The zero-order valence-corrected chi connectivity index (χ0v) is 14.6. The molecule has 3 amide bonds. The average Bonchev–Trinajstić information content (AvgIpc) is 2.80. The number of carbonyl (C=O) groups is 3. The minimum atomic E-state index is -0.911. The SMILES string of the molecule is CC(C)[C@H](C(=O)Nc1cccc(Cl)c1)N1C(=O)c2ccccc2C1=O. The van der Waals surface area contributed by atoms with Crippen LogP contribution in [0, 0.1) is 5.92 Å². The van der Waals surface area contributed by atoms with Gasteiger partial charge in [0.25, 0.3) is 11.8 Å². The second kappa shape index (κ2) is 6.69. The molecular weight excluding hydrogens is 340 g/mol. The monoisotopic (exact) mass is 356 g/mol. The third kappa shape index (κ3) is 3.15. The lowest BCUT2D eigenvalue weighted by molar-refractivity contribution is -0.121. The number of hydrogen-bond donors (Lipinski definition) is 1. The molecule has 1 atom stereocenters. The second-order valence-electron chi connectivity index (χ2n) is 6.21. The Balaban J connectivity index is 1.91. The Hall–Kier alpha value is -2.66. The standard InChI is InChI=1S/C19H17ClN2O3/c1-11(2)16(17(23)21-13-7-5-6-12(20)10-13)22-18(24)14-8-3-4-9-15(14)19(22)25/h3-11,16H,1-2H3,(H,21,23)/t16-/m1/s1. The van der Waals surface area contributed by atoms with Crippen LogP contribution in [-0.2, 0) is 4.79 Å². The van der Waals surface area contributed by atoms with Gasteiger partial charge in [-0.15, -0.1) is 0 Å². The van der Waals surface area contributed by atoms with Gasteiger partial charge < -0.3 is 5.32 Å². The van der Waals surface area contributed by atoms with Gasteiger partial charge in [-0.2, -0.15) is 0 Å². The number of hydrogen-bond acceptors (Lipinski definition) is 3. The van der Waals surface area contributed by atoms with Gasteiger partial charge in [0.15, 0.2) is 0 Å². The van der Waals surface area contributed by atoms with Crippen molar-refractivity contribution in [2.45, 2.75) is 19.9 Å². The van der Waals surface area contributed by atoms with Crippen LogP contribution in [0.2, 0.25) is 5.02 Å². The number of halogens is 1. The molecule has 2 aromatic rings. The molecule has 0 fully saturated rings. The van der Waals surface area contributed by atoms with E-state index < -0.39 is 23.8 Å². The van der Waals surface area contributed by atoms with Crippen molar-refractivity contribution in [1.82, 2.24) is 4.90 Å². The molecule has 1 aliphatic heterocycles. The second-order valence-corrected chi connectivity index (χ2v) is 6.65. The van der Waals surface area contributed by atoms with Crippen molar-refractivity contribution in [2.75, 3.05) is 5.32 Å². The van der Waals surface area contributed by atoms with Crippen LogP contribution >= 0.6 is 11.6 Å². The van der Waals surface area contributed by atoms with Crippen LogP contribution in [0.4, 0.5) is 5.69 Å². The topological polar surface area (TPSA) is 66.5 Å². The van der Waals surface area contributed by atoms with E-state index in [4.69, 9.17) is 11.6 Å². The summed E-state index contributed by atoms with van der Waals surface area (Å²) in [6.45, 7) is 3.59. The van der Waals surface area contributed by atoms with E-state index >= 15 is 0 Å². The highest BCUT2D eigenvalue weighted by Gasteiger charge is 2.43. The minimum Gasteiger partial charge on any atom is -0.324 e. The van der Waals surface area contributed by atoms with Crippen LogP contribution in [0.1, 0.15) is 34.6 Å². The predicted octanol–water partition coefficient (Wildman–Crippen LogP) is 3.60. The van der Waals surface area contributed by atoms with Gasteiger partial charge in [-0.05, 0) is 36.2 Å². The number of nitrogens with zero attached hydrogens (tertiary/aromatic N) is 1. The maximum absolute atomic E-state index is 12.8. The molecule has 25 heavy (non-hydrogen) atoms. The molecule has 6 heteroatoms. The number of carbonyl (C=O) groups excluding carboxylic acids is 3. The number of anilines is 1. The van der Waals surface area contributed by atoms with E-state index in [0.29, 0.717) is 21.8 Å². The molecule has 0 aliphatic carbocycles. The van der Waals surface area contributed by atoms with Crippen molar-refractivity contribution in [1.29, 1.82) is 0 Å². The first-order valence-electron chi connectivity index (χ1n) is 7.93. The van der Waals surface area contributed by atoms with Gasteiger partial charge in [0.05, 0.1) is 11.1 Å². The maximum atomic E-state index is 12.8. The first-order chi connectivity index (χ1) is 11.9. The van der Waals surface area contributed by atoms with Crippen LogP contribution in [-0.4, -0.2) is 28.7 Å². The van der Waals surface area contributed by atoms with E-state index in [1.165, 1.54) is 0 Å². The highest BCUT2D eigenvalue weighted by atomic mass is 35.5. The first kappa shape index (κ1) is 17.2. The maximum Gasteiger partial charge on any atom is 0.262 e. The van der Waals surface area contributed by atoms with Crippen molar-refractivity contribution in [3.8, 4) is 0 Å². The normalized spacial score (nSPS) is 14.6. The Kier molecular flexibility index (Phi) is 4.59. The fourth-order valence-corrected chi connectivity index (χ4v) is 3.15. The summed E-state index contributed by atoms with van der Waals surface area (Å²) in [5.41, 5.74) is 1.17. The van der Waals surface area contributed by atoms with E-state index in [-0.39, 0.29) is 5.92 Å². The van der Waals surface area contributed by atoms with Crippen LogP contribution in [0.5, 0.6) is 0 Å². The number of fused-ring (bicyclic) bond motifs is 1. The van der Waals surface area contributed by atoms with Crippen molar-refractivity contribution in [3.63, 3.8) is 0 Å². The van der Waals surface area contributed by atoms with E-state index in [0.717, 1.165) is 4.90 Å². The summed E-state index contributed by atoms with van der Waals surface area (Å²) >= 11 is 5.93. The van der Waals surface area contributed by atoms with E-state index in [1.807, 2.05) is 0 Å². The summed E-state index contributed by atoms with van der Waals surface area (Å²) in [6, 6.07) is 12.4. The van der Waals surface area contributed by atoms with Crippen molar-refractivity contribution in [3.05, 3.63) is 64.7 Å².